The Balaban J connectivity index is 1.69. The zero-order chi connectivity index (χ0) is 34.1. The number of Topliss-reactive ketones (excluding diaryl/α,β-unsaturated/α-hetero) is 4. The van der Waals surface area contributed by atoms with E-state index in [1.807, 2.05) is 6.07 Å². The number of allylic oxidation sites excluding steroid dienone is 1. The molecule has 4 atom stereocenters. The molecule has 3 aliphatic carbocycles. The standard InChI is InChI=1S/C38H44O8/c1-19(2)10-8-13-26(40)23-12-9-11-22(16-23)24-14-15-27(41)29-25(24)17-36(6)18-37(7)30(20(3)4)32(42)28(21(5)39)34(44)38(37,46)35(45)31(36)33(29)43/h9,11-12,14-16,19-20,30,41,43-44,46H,8,10,13,17-18H2,1-7H3/t30?,36-,37-,38+/m1/s1. The summed E-state index contributed by atoms with van der Waals surface area (Å²) < 4.78 is 0. The van der Waals surface area contributed by atoms with Gasteiger partial charge in [0.1, 0.15) is 22.8 Å². The number of fused-ring (bicyclic) bond motifs is 3. The maximum Gasteiger partial charge on any atom is 0.203 e. The van der Waals surface area contributed by atoms with Crippen LogP contribution in [0.25, 0.3) is 16.9 Å². The number of benzene rings is 2. The van der Waals surface area contributed by atoms with Crippen LogP contribution in [0.5, 0.6) is 5.75 Å². The van der Waals surface area contributed by atoms with Crippen molar-refractivity contribution in [2.75, 3.05) is 0 Å². The Kier molecular flexibility index (Phi) is 8.21. The van der Waals surface area contributed by atoms with E-state index in [4.69, 9.17) is 0 Å². The monoisotopic (exact) mass is 628 g/mol. The second-order valence-corrected chi connectivity index (χ2v) is 14.7. The van der Waals surface area contributed by atoms with E-state index in [2.05, 4.69) is 13.8 Å². The number of ketones is 4. The van der Waals surface area contributed by atoms with Gasteiger partial charge in [0.25, 0.3) is 0 Å². The van der Waals surface area contributed by atoms with Crippen LogP contribution >= 0.6 is 0 Å². The lowest BCUT2D eigenvalue weighted by atomic mass is 9.43. The first-order chi connectivity index (χ1) is 21.4. The number of aliphatic hydroxyl groups excluding tert-OH is 2. The molecule has 2 aromatic carbocycles. The summed E-state index contributed by atoms with van der Waals surface area (Å²) in [7, 11) is 0. The van der Waals surface area contributed by atoms with Crippen molar-refractivity contribution in [3.05, 3.63) is 70.0 Å². The van der Waals surface area contributed by atoms with Gasteiger partial charge in [0.15, 0.2) is 23.0 Å². The number of carbonyl (C=O) groups excluding carboxylic acids is 4. The van der Waals surface area contributed by atoms with E-state index < -0.39 is 62.7 Å². The SMILES string of the molecule is CC(=O)C1=C(O)[C@]2(O)C(=O)C3=C(O)c4c(O)ccc(-c5cccc(C(=O)CCCC(C)C)c5)c4C[C@]3(C)C[C@]2(C)C(C(C)C)C1=O. The van der Waals surface area contributed by atoms with Crippen LogP contribution in [-0.4, -0.2) is 49.2 Å². The Labute approximate surface area is 269 Å². The van der Waals surface area contributed by atoms with Crippen LogP contribution in [0.15, 0.2) is 53.3 Å². The number of phenolic OH excluding ortho intramolecular Hbond substituents is 1. The third-order valence-corrected chi connectivity index (χ3v) is 10.6. The van der Waals surface area contributed by atoms with Gasteiger partial charge in [-0.3, -0.25) is 19.2 Å². The minimum absolute atomic E-state index is 0.00831. The number of carbonyl (C=O) groups is 4. The highest BCUT2D eigenvalue weighted by Crippen LogP contribution is 2.65. The predicted octanol–water partition coefficient (Wildman–Crippen LogP) is 6.87. The van der Waals surface area contributed by atoms with Gasteiger partial charge in [-0.2, -0.15) is 0 Å². The third kappa shape index (κ3) is 4.75. The highest BCUT2D eigenvalue weighted by Gasteiger charge is 2.72. The summed E-state index contributed by atoms with van der Waals surface area (Å²) in [5, 5.41) is 46.4. The van der Waals surface area contributed by atoms with Crippen molar-refractivity contribution in [2.45, 2.75) is 86.2 Å². The Morgan fingerprint density at radius 2 is 1.67 bits per heavy atom. The van der Waals surface area contributed by atoms with Gasteiger partial charge in [-0.25, -0.2) is 0 Å². The molecule has 0 saturated heterocycles. The van der Waals surface area contributed by atoms with E-state index >= 15 is 0 Å². The van der Waals surface area contributed by atoms with Crippen molar-refractivity contribution in [3.8, 4) is 16.9 Å². The first-order valence-electron chi connectivity index (χ1n) is 16.1. The zero-order valence-corrected chi connectivity index (χ0v) is 27.7. The fourth-order valence-electron chi connectivity index (χ4n) is 8.66. The highest BCUT2D eigenvalue weighted by atomic mass is 16.3. The molecule has 0 amide bonds. The summed E-state index contributed by atoms with van der Waals surface area (Å²) >= 11 is 0. The van der Waals surface area contributed by atoms with Crippen molar-refractivity contribution >= 4 is 28.9 Å². The van der Waals surface area contributed by atoms with Gasteiger partial charge in [0, 0.05) is 34.3 Å². The molecule has 4 N–H and O–H groups in total. The van der Waals surface area contributed by atoms with Crippen LogP contribution in [0, 0.1) is 28.6 Å². The van der Waals surface area contributed by atoms with Gasteiger partial charge in [-0.05, 0) is 66.8 Å². The lowest BCUT2D eigenvalue weighted by Crippen LogP contribution is -2.69. The molecule has 0 spiro atoms. The minimum atomic E-state index is -2.66. The average molecular weight is 629 g/mol. The molecule has 5 rings (SSSR count). The largest absolute Gasteiger partial charge is 0.508 e. The molecular weight excluding hydrogens is 584 g/mol. The molecule has 2 aromatic rings. The maximum atomic E-state index is 14.5. The van der Waals surface area contributed by atoms with Crippen molar-refractivity contribution in [3.63, 3.8) is 0 Å². The van der Waals surface area contributed by atoms with Crippen molar-refractivity contribution < 1.29 is 39.6 Å². The number of hydrogen-bond acceptors (Lipinski definition) is 8. The number of aliphatic hydroxyl groups is 3. The normalized spacial score (nSPS) is 27.6. The molecule has 1 saturated carbocycles. The first-order valence-corrected chi connectivity index (χ1v) is 16.1. The topological polar surface area (TPSA) is 149 Å². The van der Waals surface area contributed by atoms with E-state index in [0.29, 0.717) is 34.6 Å². The van der Waals surface area contributed by atoms with Crippen molar-refractivity contribution in [2.24, 2.45) is 28.6 Å². The van der Waals surface area contributed by atoms with Crippen LogP contribution in [0.2, 0.25) is 0 Å². The Bertz CT molecular complexity index is 1740. The van der Waals surface area contributed by atoms with Crippen LogP contribution in [-0.2, 0) is 20.8 Å². The van der Waals surface area contributed by atoms with E-state index in [0.717, 1.165) is 19.8 Å². The van der Waals surface area contributed by atoms with Crippen LogP contribution in [0.4, 0.5) is 0 Å². The van der Waals surface area contributed by atoms with Crippen molar-refractivity contribution in [1.82, 2.24) is 0 Å². The molecule has 46 heavy (non-hydrogen) atoms. The summed E-state index contributed by atoms with van der Waals surface area (Å²) in [6.07, 6.45) is 2.31. The molecule has 0 heterocycles. The highest BCUT2D eigenvalue weighted by molar-refractivity contribution is 6.24. The average Bonchev–Trinajstić information content (AvgIpc) is 2.94. The summed E-state index contributed by atoms with van der Waals surface area (Å²) in [5.41, 5.74) is -3.59. The molecular formula is C38H44O8. The van der Waals surface area contributed by atoms with Gasteiger partial charge >= 0.3 is 0 Å². The number of rotatable bonds is 8. The molecule has 0 bridgehead atoms. The van der Waals surface area contributed by atoms with Crippen LogP contribution in [0.1, 0.15) is 95.6 Å². The molecule has 8 heteroatoms. The Morgan fingerprint density at radius 1 is 1.00 bits per heavy atom. The molecule has 1 fully saturated rings. The molecule has 244 valence electrons. The second-order valence-electron chi connectivity index (χ2n) is 14.7. The van der Waals surface area contributed by atoms with Gasteiger partial charge < -0.3 is 20.4 Å². The molecule has 0 aromatic heterocycles. The Hall–Kier alpha value is -4.04. The van der Waals surface area contributed by atoms with E-state index in [1.54, 1.807) is 52.0 Å². The quantitative estimate of drug-likeness (QED) is 0.183. The smallest absolute Gasteiger partial charge is 0.203 e. The molecule has 8 nitrogen and oxygen atoms in total. The number of hydrogen-bond donors (Lipinski definition) is 4. The predicted molar refractivity (Wildman–Crippen MR) is 174 cm³/mol. The van der Waals surface area contributed by atoms with E-state index in [-0.39, 0.29) is 35.5 Å². The fraction of sp³-hybridized carbons (Fsp3) is 0.474. The summed E-state index contributed by atoms with van der Waals surface area (Å²) in [6.45, 7) is 12.2. The Morgan fingerprint density at radius 3 is 2.28 bits per heavy atom. The zero-order valence-electron chi connectivity index (χ0n) is 27.7. The van der Waals surface area contributed by atoms with E-state index in [9.17, 15) is 39.6 Å². The maximum absolute atomic E-state index is 14.5. The first kappa shape index (κ1) is 33.3. The number of aromatic hydroxyl groups is 1. The van der Waals surface area contributed by atoms with Gasteiger partial charge in [0.2, 0.25) is 5.78 Å². The van der Waals surface area contributed by atoms with Gasteiger partial charge in [0.05, 0.1) is 5.56 Å². The van der Waals surface area contributed by atoms with Gasteiger partial charge in [-0.1, -0.05) is 72.2 Å². The van der Waals surface area contributed by atoms with Crippen molar-refractivity contribution in [1.29, 1.82) is 0 Å². The fourth-order valence-corrected chi connectivity index (χ4v) is 8.66. The van der Waals surface area contributed by atoms with Crippen LogP contribution < -0.4 is 0 Å². The summed E-state index contributed by atoms with van der Waals surface area (Å²) in [4.78, 5) is 53.9. The molecule has 1 unspecified atom stereocenters. The van der Waals surface area contributed by atoms with Crippen LogP contribution in [0.3, 0.4) is 0 Å². The molecule has 0 radical (unpaired) electrons. The summed E-state index contributed by atoms with van der Waals surface area (Å²) in [5.74, 6) is -5.05. The van der Waals surface area contributed by atoms with Gasteiger partial charge in [-0.15, -0.1) is 0 Å². The number of phenols is 1. The molecule has 0 aliphatic heterocycles. The third-order valence-electron chi connectivity index (χ3n) is 10.6. The summed E-state index contributed by atoms with van der Waals surface area (Å²) in [6, 6.07) is 10.3. The lowest BCUT2D eigenvalue weighted by molar-refractivity contribution is -0.178. The second kappa shape index (κ2) is 11.3. The minimum Gasteiger partial charge on any atom is -0.508 e. The lowest BCUT2D eigenvalue weighted by Gasteiger charge is -2.59. The van der Waals surface area contributed by atoms with E-state index in [1.165, 1.54) is 6.07 Å². The molecule has 3 aliphatic rings.